The third kappa shape index (κ3) is 11.9. The molecule has 8 nitrogen and oxygen atoms in total. The number of rotatable bonds is 18. The number of hydrogen-bond acceptors (Lipinski definition) is 6. The summed E-state index contributed by atoms with van der Waals surface area (Å²) in [7, 11) is 0. The fraction of sp³-hybridized carbons (Fsp3) is 0.441. The van der Waals surface area contributed by atoms with Crippen LogP contribution in [0.5, 0.6) is 5.75 Å². The summed E-state index contributed by atoms with van der Waals surface area (Å²) >= 11 is 1.54. The quantitative estimate of drug-likeness (QED) is 0.157. The molecule has 0 aromatic heterocycles. The lowest BCUT2D eigenvalue weighted by atomic mass is 10.0. The van der Waals surface area contributed by atoms with Crippen molar-refractivity contribution in [2.75, 3.05) is 25.1 Å². The molecule has 43 heavy (non-hydrogen) atoms. The number of amides is 2. The van der Waals surface area contributed by atoms with Crippen molar-refractivity contribution in [1.82, 2.24) is 15.5 Å². The van der Waals surface area contributed by atoms with Crippen LogP contribution in [0, 0.1) is 5.92 Å². The molecule has 3 aromatic carbocycles. The van der Waals surface area contributed by atoms with Gasteiger partial charge in [0, 0.05) is 25.6 Å². The monoisotopic (exact) mass is 607 g/mol. The molecule has 3 rings (SSSR count). The molecule has 0 spiro atoms. The lowest BCUT2D eigenvalue weighted by Crippen LogP contribution is -2.49. The Hall–Kier alpha value is -3.56. The molecular weight excluding hydrogens is 562 g/mol. The number of hydrogen-bond donors (Lipinski definition) is 4. The smallest absolute Gasteiger partial charge is 0.326 e. The maximum Gasteiger partial charge on any atom is 0.326 e. The van der Waals surface area contributed by atoms with Crippen molar-refractivity contribution >= 4 is 40.3 Å². The lowest BCUT2D eigenvalue weighted by Gasteiger charge is -2.29. The summed E-state index contributed by atoms with van der Waals surface area (Å²) in [5, 5.41) is 27.3. The second-order valence-corrected chi connectivity index (χ2v) is 12.4. The normalized spacial score (nSPS) is 12.8. The van der Waals surface area contributed by atoms with Crippen molar-refractivity contribution in [2.45, 2.75) is 64.6 Å². The molecule has 0 radical (unpaired) electrons. The maximum absolute atomic E-state index is 13.2. The number of carboxylic acids is 1. The number of aliphatic carboxylic acids is 1. The van der Waals surface area contributed by atoms with Crippen LogP contribution in [0.2, 0.25) is 0 Å². The predicted molar refractivity (Wildman–Crippen MR) is 174 cm³/mol. The van der Waals surface area contributed by atoms with E-state index in [9.17, 15) is 24.6 Å². The molecule has 0 saturated heterocycles. The number of carbonyl (C=O) groups excluding carboxylic acids is 2. The van der Waals surface area contributed by atoms with E-state index in [-0.39, 0.29) is 30.2 Å². The third-order valence-corrected chi connectivity index (χ3v) is 7.93. The summed E-state index contributed by atoms with van der Waals surface area (Å²) in [4.78, 5) is 40.0. The number of carbonyl (C=O) groups is 3. The first-order valence-corrected chi connectivity index (χ1v) is 16.3. The molecule has 0 aliphatic rings. The van der Waals surface area contributed by atoms with Crippen molar-refractivity contribution in [3.05, 3.63) is 77.9 Å². The third-order valence-electron chi connectivity index (χ3n) is 7.29. The number of thioether (sulfide) groups is 1. The van der Waals surface area contributed by atoms with Gasteiger partial charge in [-0.1, -0.05) is 68.4 Å². The zero-order chi connectivity index (χ0) is 31.2. The lowest BCUT2D eigenvalue weighted by molar-refractivity contribution is -0.142. The molecule has 0 saturated carbocycles. The highest BCUT2D eigenvalue weighted by molar-refractivity contribution is 7.98. The summed E-state index contributed by atoms with van der Waals surface area (Å²) in [6.07, 6.45) is 4.78. The van der Waals surface area contributed by atoms with Crippen LogP contribution < -0.4 is 10.6 Å². The fourth-order valence-electron chi connectivity index (χ4n) is 5.27. The Kier molecular flexibility index (Phi) is 13.8. The molecule has 2 unspecified atom stereocenters. The van der Waals surface area contributed by atoms with Crippen molar-refractivity contribution in [3.63, 3.8) is 0 Å². The van der Waals surface area contributed by atoms with Crippen LogP contribution in [-0.2, 0) is 27.3 Å². The molecule has 4 N–H and O–H groups in total. The minimum absolute atomic E-state index is 0.0115. The molecule has 0 aliphatic carbocycles. The van der Waals surface area contributed by atoms with E-state index in [0.29, 0.717) is 44.0 Å². The predicted octanol–water partition coefficient (Wildman–Crippen LogP) is 5.22. The van der Waals surface area contributed by atoms with Gasteiger partial charge in [-0.3, -0.25) is 14.5 Å². The highest BCUT2D eigenvalue weighted by Gasteiger charge is 2.24. The van der Waals surface area contributed by atoms with E-state index in [2.05, 4.69) is 42.7 Å². The molecule has 0 heterocycles. The molecule has 232 valence electrons. The van der Waals surface area contributed by atoms with Crippen LogP contribution in [0.25, 0.3) is 10.8 Å². The summed E-state index contributed by atoms with van der Waals surface area (Å²) in [5.41, 5.74) is 2.13. The van der Waals surface area contributed by atoms with Gasteiger partial charge >= 0.3 is 5.97 Å². The number of phenols is 1. The van der Waals surface area contributed by atoms with Gasteiger partial charge in [0.2, 0.25) is 11.8 Å². The zero-order valence-corrected chi connectivity index (χ0v) is 26.2. The SMILES string of the molecule is CSCCC(NC(=O)CN(Cc1cccc2ccccc12)CC(CC(C)C)NC(=O)CCCc1ccc(O)cc1)C(=O)O. The van der Waals surface area contributed by atoms with Crippen molar-refractivity contribution < 1.29 is 24.6 Å². The molecule has 2 amide bonds. The Morgan fingerprint density at radius 2 is 1.65 bits per heavy atom. The topological polar surface area (TPSA) is 119 Å². The van der Waals surface area contributed by atoms with Crippen molar-refractivity contribution in [3.8, 4) is 5.75 Å². The minimum atomic E-state index is -1.04. The second kappa shape index (κ2) is 17.5. The van der Waals surface area contributed by atoms with Crippen molar-refractivity contribution in [1.29, 1.82) is 0 Å². The van der Waals surface area contributed by atoms with E-state index in [4.69, 9.17) is 0 Å². The fourth-order valence-corrected chi connectivity index (χ4v) is 5.74. The largest absolute Gasteiger partial charge is 0.508 e. The number of nitrogens with zero attached hydrogens (tertiary/aromatic N) is 1. The summed E-state index contributed by atoms with van der Waals surface area (Å²) in [6, 6.07) is 20.1. The summed E-state index contributed by atoms with van der Waals surface area (Å²) in [6.45, 7) is 5.14. The van der Waals surface area contributed by atoms with E-state index in [1.807, 2.05) is 47.6 Å². The van der Waals surface area contributed by atoms with E-state index >= 15 is 0 Å². The van der Waals surface area contributed by atoms with Gasteiger partial charge in [-0.2, -0.15) is 11.8 Å². The average molecular weight is 608 g/mol. The second-order valence-electron chi connectivity index (χ2n) is 11.5. The van der Waals surface area contributed by atoms with E-state index in [0.717, 1.165) is 34.7 Å². The first-order chi connectivity index (χ1) is 20.6. The number of benzene rings is 3. The standard InChI is InChI=1S/C34H45N3O5S/c1-24(2)20-28(35-32(39)13-6-8-25-14-16-29(38)17-15-25)22-37(23-33(40)36-31(34(41)42)18-19-43-3)21-27-11-7-10-26-9-4-5-12-30(26)27/h4-5,7,9-12,14-17,24,28,31,38H,6,8,13,18-23H2,1-3H3,(H,35,39)(H,36,40)(H,41,42). The molecular formula is C34H45N3O5S. The Morgan fingerprint density at radius 3 is 2.35 bits per heavy atom. The van der Waals surface area contributed by atoms with Crippen LogP contribution in [0.1, 0.15) is 50.7 Å². The molecule has 0 fully saturated rings. The van der Waals surface area contributed by atoms with Gasteiger partial charge in [-0.15, -0.1) is 0 Å². The van der Waals surface area contributed by atoms with Crippen LogP contribution in [-0.4, -0.2) is 70.1 Å². The van der Waals surface area contributed by atoms with Crippen LogP contribution in [0.15, 0.2) is 66.7 Å². The molecule has 3 aromatic rings. The Balaban J connectivity index is 1.73. The van der Waals surface area contributed by atoms with Gasteiger partial charge < -0.3 is 20.8 Å². The first-order valence-electron chi connectivity index (χ1n) is 14.9. The number of aryl methyl sites for hydroxylation is 1. The Morgan fingerprint density at radius 1 is 0.930 bits per heavy atom. The van der Waals surface area contributed by atoms with Crippen LogP contribution in [0.3, 0.4) is 0 Å². The number of nitrogens with one attached hydrogen (secondary N) is 2. The number of carboxylic acid groups (broad SMARTS) is 1. The summed E-state index contributed by atoms with van der Waals surface area (Å²) in [5.74, 6) is -0.261. The zero-order valence-electron chi connectivity index (χ0n) is 25.4. The number of aromatic hydroxyl groups is 1. The molecule has 0 bridgehead atoms. The van der Waals surface area contributed by atoms with Gasteiger partial charge in [0.05, 0.1) is 6.54 Å². The number of phenolic OH excluding ortho intramolecular Hbond substituents is 1. The Bertz CT molecular complexity index is 1330. The maximum atomic E-state index is 13.2. The van der Waals surface area contributed by atoms with Gasteiger partial charge in [-0.05, 0) is 77.6 Å². The highest BCUT2D eigenvalue weighted by Crippen LogP contribution is 2.21. The van der Waals surface area contributed by atoms with Crippen molar-refractivity contribution in [2.24, 2.45) is 5.92 Å². The van der Waals surface area contributed by atoms with E-state index in [1.165, 1.54) is 0 Å². The molecule has 2 atom stereocenters. The number of fused-ring (bicyclic) bond motifs is 1. The van der Waals surface area contributed by atoms with Gasteiger partial charge in [0.1, 0.15) is 11.8 Å². The minimum Gasteiger partial charge on any atom is -0.508 e. The van der Waals surface area contributed by atoms with E-state index in [1.54, 1.807) is 23.9 Å². The van der Waals surface area contributed by atoms with Crippen LogP contribution >= 0.6 is 11.8 Å². The van der Waals surface area contributed by atoms with Gasteiger partial charge in [0.15, 0.2) is 0 Å². The van der Waals surface area contributed by atoms with Crippen LogP contribution in [0.4, 0.5) is 0 Å². The highest BCUT2D eigenvalue weighted by atomic mass is 32.2. The van der Waals surface area contributed by atoms with Gasteiger partial charge in [-0.25, -0.2) is 4.79 Å². The van der Waals surface area contributed by atoms with Gasteiger partial charge in [0.25, 0.3) is 0 Å². The Labute approximate surface area is 259 Å². The first kappa shape index (κ1) is 33.9. The van der Waals surface area contributed by atoms with E-state index < -0.39 is 12.0 Å². The molecule has 9 heteroatoms. The average Bonchev–Trinajstić information content (AvgIpc) is 2.96. The molecule has 0 aliphatic heterocycles. The summed E-state index contributed by atoms with van der Waals surface area (Å²) < 4.78 is 0.